The molecule has 0 aliphatic heterocycles. The lowest BCUT2D eigenvalue weighted by atomic mass is 10.1. The van der Waals surface area contributed by atoms with Crippen molar-refractivity contribution in [1.29, 1.82) is 5.26 Å². The van der Waals surface area contributed by atoms with Crippen LogP contribution in [0.3, 0.4) is 0 Å². The lowest BCUT2D eigenvalue weighted by molar-refractivity contribution is -0.149. The highest BCUT2D eigenvalue weighted by Crippen LogP contribution is 2.65. The van der Waals surface area contributed by atoms with Crippen molar-refractivity contribution in [2.45, 2.75) is 28.0 Å². The molecule has 0 radical (unpaired) electrons. The maximum Gasteiger partial charge on any atom is 0.311 e. The molecule has 2 aromatic carbocycles. The fraction of sp³-hybridized carbons (Fsp3) is 0.364. The van der Waals surface area contributed by atoms with Gasteiger partial charge in [-0.3, -0.25) is 4.79 Å². The fourth-order valence-corrected chi connectivity index (χ4v) is 5.16. The summed E-state index contributed by atoms with van der Waals surface area (Å²) in [6, 6.07) is 14.5. The second kappa shape index (κ2) is 9.27. The van der Waals surface area contributed by atoms with Gasteiger partial charge in [0.05, 0.1) is 10.7 Å². The molecule has 1 aliphatic carbocycles. The van der Waals surface area contributed by atoms with Crippen LogP contribution in [0.25, 0.3) is 0 Å². The summed E-state index contributed by atoms with van der Waals surface area (Å²) in [5, 5.41) is 9.59. The van der Waals surface area contributed by atoms with E-state index in [1.54, 1.807) is 24.3 Å². The number of carbonyl (C=O) groups excluding carboxylic acids is 1. The van der Waals surface area contributed by atoms with E-state index in [2.05, 4.69) is 31.9 Å². The van der Waals surface area contributed by atoms with Crippen molar-refractivity contribution in [3.05, 3.63) is 59.9 Å². The van der Waals surface area contributed by atoms with Gasteiger partial charge in [-0.2, -0.15) is 5.26 Å². The Morgan fingerprint density at radius 1 is 1.26 bits per heavy atom. The van der Waals surface area contributed by atoms with E-state index in [4.69, 9.17) is 32.7 Å². The summed E-state index contributed by atoms with van der Waals surface area (Å²) in [4.78, 5) is 12.4. The standard InChI is InChI=1S/C22H18Br2Cl2FNO3/c1-21(2)17(19(23)22(24,25)26)18(21)20(29)31-16(11-28)12-8-9-14(27)15(10-12)30-13-6-4-3-5-7-13/h3-10,16-19H,1-2H3/t16-,17+,18+,19-/m1/s1. The highest BCUT2D eigenvalue weighted by molar-refractivity contribution is 9.13. The van der Waals surface area contributed by atoms with E-state index >= 15 is 0 Å². The second-order valence-corrected chi connectivity index (χ2v) is 12.4. The van der Waals surface area contributed by atoms with Crippen LogP contribution in [0.1, 0.15) is 25.5 Å². The van der Waals surface area contributed by atoms with E-state index < -0.39 is 37.3 Å². The predicted molar refractivity (Wildman–Crippen MR) is 124 cm³/mol. The van der Waals surface area contributed by atoms with Crippen LogP contribution in [0.2, 0.25) is 0 Å². The van der Waals surface area contributed by atoms with E-state index in [-0.39, 0.29) is 11.7 Å². The van der Waals surface area contributed by atoms with Gasteiger partial charge in [0.25, 0.3) is 0 Å². The Morgan fingerprint density at radius 2 is 1.90 bits per heavy atom. The first-order chi connectivity index (χ1) is 14.5. The van der Waals surface area contributed by atoms with Gasteiger partial charge >= 0.3 is 5.97 Å². The molecule has 0 bridgehead atoms. The van der Waals surface area contributed by atoms with E-state index in [9.17, 15) is 14.4 Å². The molecule has 9 heteroatoms. The number of hydrogen-bond donors (Lipinski definition) is 0. The number of para-hydroxylation sites is 1. The first-order valence-electron chi connectivity index (χ1n) is 9.30. The molecule has 0 amide bonds. The van der Waals surface area contributed by atoms with Crippen LogP contribution in [0, 0.1) is 34.4 Å². The summed E-state index contributed by atoms with van der Waals surface area (Å²) in [7, 11) is 0. The zero-order chi connectivity index (χ0) is 23.0. The summed E-state index contributed by atoms with van der Waals surface area (Å²) in [5.74, 6) is -1.50. The molecule has 31 heavy (non-hydrogen) atoms. The number of carbonyl (C=O) groups is 1. The van der Waals surface area contributed by atoms with Crippen LogP contribution in [0.5, 0.6) is 11.5 Å². The average Bonchev–Trinajstić information content (AvgIpc) is 3.29. The molecule has 0 spiro atoms. The Labute approximate surface area is 206 Å². The molecule has 2 aromatic rings. The molecule has 164 valence electrons. The van der Waals surface area contributed by atoms with Gasteiger partial charge in [-0.25, -0.2) is 4.39 Å². The first kappa shape index (κ1) is 24.3. The van der Waals surface area contributed by atoms with Gasteiger partial charge in [0, 0.05) is 5.56 Å². The molecule has 1 fully saturated rings. The minimum absolute atomic E-state index is 0.0708. The number of esters is 1. The lowest BCUT2D eigenvalue weighted by Gasteiger charge is -2.20. The van der Waals surface area contributed by atoms with Crippen molar-refractivity contribution in [3.8, 4) is 17.6 Å². The molecular formula is C22H18Br2Cl2FNO3. The van der Waals surface area contributed by atoms with E-state index in [1.807, 2.05) is 26.0 Å². The van der Waals surface area contributed by atoms with Gasteiger partial charge in [0.2, 0.25) is 6.10 Å². The summed E-state index contributed by atoms with van der Waals surface area (Å²) < 4.78 is 24.0. The molecule has 4 nitrogen and oxygen atoms in total. The Bertz CT molecular complexity index is 1010. The van der Waals surface area contributed by atoms with Gasteiger partial charge < -0.3 is 9.47 Å². The van der Waals surface area contributed by atoms with Gasteiger partial charge in [0.15, 0.2) is 14.8 Å². The fourth-order valence-electron chi connectivity index (χ4n) is 3.61. The minimum Gasteiger partial charge on any atom is -0.454 e. The van der Waals surface area contributed by atoms with Crippen LogP contribution in [-0.4, -0.2) is 14.0 Å². The highest BCUT2D eigenvalue weighted by Gasteiger charge is 2.67. The molecular weight excluding hydrogens is 576 g/mol. The molecule has 0 heterocycles. The van der Waals surface area contributed by atoms with Gasteiger partial charge in [0.1, 0.15) is 11.8 Å². The Kier molecular flexibility index (Phi) is 7.27. The molecule has 0 N–H and O–H groups in total. The van der Waals surface area contributed by atoms with Crippen molar-refractivity contribution >= 4 is 61.0 Å². The van der Waals surface area contributed by atoms with E-state index in [0.717, 1.165) is 0 Å². The third kappa shape index (κ3) is 5.36. The molecule has 3 rings (SSSR count). The Morgan fingerprint density at radius 3 is 2.48 bits per heavy atom. The minimum atomic E-state index is -1.26. The average molecular weight is 594 g/mol. The van der Waals surface area contributed by atoms with Crippen molar-refractivity contribution in [3.63, 3.8) is 0 Å². The number of rotatable bonds is 7. The topological polar surface area (TPSA) is 59.3 Å². The SMILES string of the molecule is CC1(C)[C@H]([C@@H](Br)C(Cl)(Cl)Br)[C@H]1C(=O)O[C@H](C#N)c1ccc(F)c(Oc2ccccc2)c1. The second-order valence-electron chi connectivity index (χ2n) is 7.82. The maximum atomic E-state index is 14.2. The van der Waals surface area contributed by atoms with E-state index in [1.165, 1.54) is 18.2 Å². The van der Waals surface area contributed by atoms with Crippen molar-refractivity contribution < 1.29 is 18.7 Å². The molecule has 0 saturated heterocycles. The van der Waals surface area contributed by atoms with Crippen molar-refractivity contribution in [1.82, 2.24) is 0 Å². The van der Waals surface area contributed by atoms with Gasteiger partial charge in [-0.1, -0.05) is 77.2 Å². The quantitative estimate of drug-likeness (QED) is 0.250. The molecule has 1 saturated carbocycles. The van der Waals surface area contributed by atoms with Crippen LogP contribution in [0.4, 0.5) is 4.39 Å². The third-order valence-corrected chi connectivity index (χ3v) is 8.73. The van der Waals surface area contributed by atoms with Gasteiger partial charge in [-0.15, -0.1) is 0 Å². The molecule has 0 aromatic heterocycles. The zero-order valence-electron chi connectivity index (χ0n) is 16.5. The summed E-state index contributed by atoms with van der Waals surface area (Å²) in [5.41, 5.74) is -0.128. The number of halogens is 5. The highest BCUT2D eigenvalue weighted by atomic mass is 79.9. The number of hydrogen-bond acceptors (Lipinski definition) is 4. The smallest absolute Gasteiger partial charge is 0.311 e. The number of ether oxygens (including phenoxy) is 2. The molecule has 4 atom stereocenters. The number of alkyl halides is 4. The lowest BCUT2D eigenvalue weighted by Crippen LogP contribution is -2.24. The number of nitrogens with zero attached hydrogens (tertiary/aromatic N) is 1. The largest absolute Gasteiger partial charge is 0.454 e. The number of nitriles is 1. The zero-order valence-corrected chi connectivity index (χ0v) is 21.2. The number of benzene rings is 2. The summed E-state index contributed by atoms with van der Waals surface area (Å²) in [6.45, 7) is 3.80. The third-order valence-electron chi connectivity index (χ3n) is 5.37. The van der Waals surface area contributed by atoms with Crippen molar-refractivity contribution in [2.24, 2.45) is 17.3 Å². The van der Waals surface area contributed by atoms with Gasteiger partial charge in [-0.05, 0) is 51.5 Å². The summed E-state index contributed by atoms with van der Waals surface area (Å²) in [6.07, 6.45) is -1.22. The van der Waals surface area contributed by atoms with Crippen LogP contribution in [-0.2, 0) is 9.53 Å². The monoisotopic (exact) mass is 591 g/mol. The Hall–Kier alpha value is -1.33. The maximum absolute atomic E-state index is 14.2. The summed E-state index contributed by atoms with van der Waals surface area (Å²) >= 11 is 18.9. The predicted octanol–water partition coefficient (Wildman–Crippen LogP) is 7.29. The molecule has 1 aliphatic rings. The van der Waals surface area contributed by atoms with Crippen LogP contribution < -0.4 is 4.74 Å². The van der Waals surface area contributed by atoms with Crippen LogP contribution >= 0.6 is 55.1 Å². The van der Waals surface area contributed by atoms with Crippen LogP contribution in [0.15, 0.2) is 48.5 Å². The Balaban J connectivity index is 1.77. The first-order valence-corrected chi connectivity index (χ1v) is 11.8. The van der Waals surface area contributed by atoms with Crippen molar-refractivity contribution in [2.75, 3.05) is 0 Å². The normalized spacial score (nSPS) is 21.5. The van der Waals surface area contributed by atoms with E-state index in [0.29, 0.717) is 11.3 Å². The molecule has 0 unspecified atom stereocenters.